The van der Waals surface area contributed by atoms with E-state index in [1.54, 1.807) is 24.3 Å². The van der Waals surface area contributed by atoms with Gasteiger partial charge in [0.1, 0.15) is 27.6 Å². The zero-order chi connectivity index (χ0) is 26.8. The van der Waals surface area contributed by atoms with Gasteiger partial charge in [-0.15, -0.1) is 0 Å². The van der Waals surface area contributed by atoms with Crippen LogP contribution in [0.15, 0.2) is 45.3 Å². The van der Waals surface area contributed by atoms with Gasteiger partial charge in [-0.25, -0.2) is 4.85 Å². The van der Waals surface area contributed by atoms with Crippen LogP contribution in [0, 0.1) is 17.9 Å². The Labute approximate surface area is 242 Å². The second kappa shape index (κ2) is 10.9. The Morgan fingerprint density at radius 1 is 0.711 bits per heavy atom. The SMILES string of the molecule is Brc1cc2nsnc2cc1Br.O=C1NC(=O)c2cc3nsnc3cc21.[C-]#[N+]c1cc2nsnc2cc1C#N. The molecule has 0 bridgehead atoms. The maximum Gasteiger partial charge on any atom is 0.259 e. The summed E-state index contributed by atoms with van der Waals surface area (Å²) in [5.41, 5.74) is 5.99. The van der Waals surface area contributed by atoms with E-state index in [-0.39, 0.29) is 11.8 Å². The Hall–Kier alpha value is -3.80. The first-order chi connectivity index (χ1) is 18.4. The molecular weight excluding hydrogens is 678 g/mol. The molecule has 0 radical (unpaired) electrons. The second-order valence-corrected chi connectivity index (χ2v) is 10.6. The van der Waals surface area contributed by atoms with Crippen LogP contribution in [0.5, 0.6) is 0 Å². The molecule has 16 heteroatoms. The van der Waals surface area contributed by atoms with Crippen LogP contribution in [-0.2, 0) is 0 Å². The van der Waals surface area contributed by atoms with Gasteiger partial charge in [-0.3, -0.25) is 14.9 Å². The smallest absolute Gasteiger partial charge is 0.259 e. The van der Waals surface area contributed by atoms with E-state index in [4.69, 9.17) is 11.8 Å². The van der Waals surface area contributed by atoms with Crippen molar-refractivity contribution in [1.82, 2.24) is 31.6 Å². The van der Waals surface area contributed by atoms with Gasteiger partial charge in [-0.2, -0.15) is 31.5 Å². The number of rotatable bonds is 0. The number of imide groups is 1. The van der Waals surface area contributed by atoms with Crippen molar-refractivity contribution in [3.63, 3.8) is 0 Å². The standard InChI is InChI=1S/C8H2N4S.C8H3N3O2S.C6H2Br2N2S/c1-10-6-3-8-7(11-13-12-8)2-5(6)4-9;12-7-3-1-5-6(11-14-10-5)2-4(3)8(13)9-7;7-3-1-5-6(2-4(3)8)10-11-9-5/h2-3H;1-2H,(H,9,12,13);1-2H. The number of nitriles is 1. The van der Waals surface area contributed by atoms with Gasteiger partial charge >= 0.3 is 0 Å². The highest BCUT2D eigenvalue weighted by Gasteiger charge is 2.27. The molecule has 4 heterocycles. The van der Waals surface area contributed by atoms with Crippen molar-refractivity contribution in [3.05, 3.63) is 73.5 Å². The van der Waals surface area contributed by atoms with Crippen LogP contribution in [-0.4, -0.2) is 38.1 Å². The Morgan fingerprint density at radius 2 is 1.11 bits per heavy atom. The third-order valence-electron chi connectivity index (χ3n) is 5.02. The van der Waals surface area contributed by atoms with Crippen molar-refractivity contribution in [2.45, 2.75) is 0 Å². The molecule has 0 aliphatic carbocycles. The van der Waals surface area contributed by atoms with Crippen molar-refractivity contribution in [1.29, 1.82) is 5.26 Å². The zero-order valence-electron chi connectivity index (χ0n) is 18.3. The lowest BCUT2D eigenvalue weighted by atomic mass is 10.1. The van der Waals surface area contributed by atoms with Gasteiger partial charge in [0, 0.05) is 8.95 Å². The first-order valence-corrected chi connectivity index (χ1v) is 13.9. The summed E-state index contributed by atoms with van der Waals surface area (Å²) in [6.07, 6.45) is 0. The Bertz CT molecular complexity index is 1840. The lowest BCUT2D eigenvalue weighted by Crippen LogP contribution is -2.19. The van der Waals surface area contributed by atoms with Gasteiger partial charge < -0.3 is 0 Å². The van der Waals surface area contributed by atoms with Gasteiger partial charge in [0.2, 0.25) is 5.69 Å². The molecule has 0 atom stereocenters. The molecular formula is C22H7Br2N9O2S3. The molecule has 1 aliphatic heterocycles. The lowest BCUT2D eigenvalue weighted by Gasteiger charge is -1.92. The summed E-state index contributed by atoms with van der Waals surface area (Å²) in [5.74, 6) is -0.722. The minimum absolute atomic E-state index is 0.336. The summed E-state index contributed by atoms with van der Waals surface area (Å²) in [6.45, 7) is 6.85. The van der Waals surface area contributed by atoms with E-state index >= 15 is 0 Å². The molecule has 1 aliphatic rings. The minimum Gasteiger partial charge on any atom is -0.288 e. The van der Waals surface area contributed by atoms with Gasteiger partial charge in [0.15, 0.2) is 0 Å². The summed E-state index contributed by atoms with van der Waals surface area (Å²) in [7, 11) is 0. The van der Waals surface area contributed by atoms with Crippen molar-refractivity contribution in [3.8, 4) is 6.07 Å². The molecule has 0 saturated carbocycles. The fourth-order valence-corrected chi connectivity index (χ4v) is 5.42. The van der Waals surface area contributed by atoms with Crippen LogP contribution in [0.25, 0.3) is 37.9 Å². The number of nitrogens with one attached hydrogen (secondary N) is 1. The van der Waals surface area contributed by atoms with Crippen molar-refractivity contribution >= 4 is 118 Å². The molecule has 1 N–H and O–H groups in total. The van der Waals surface area contributed by atoms with Gasteiger partial charge in [-0.1, -0.05) is 0 Å². The summed E-state index contributed by atoms with van der Waals surface area (Å²) < 4.78 is 26.2. The number of hydrogen-bond donors (Lipinski definition) is 1. The first kappa shape index (κ1) is 25.8. The molecule has 11 nitrogen and oxygen atoms in total. The van der Waals surface area contributed by atoms with Gasteiger partial charge in [0.05, 0.1) is 70.0 Å². The molecule has 7 rings (SSSR count). The normalized spacial score (nSPS) is 11.7. The third kappa shape index (κ3) is 5.13. The lowest BCUT2D eigenvalue weighted by molar-refractivity contribution is 0.0879. The fraction of sp³-hybridized carbons (Fsp3) is 0. The van der Waals surface area contributed by atoms with Gasteiger partial charge in [-0.05, 0) is 68.3 Å². The largest absolute Gasteiger partial charge is 0.288 e. The van der Waals surface area contributed by atoms with E-state index < -0.39 is 0 Å². The highest BCUT2D eigenvalue weighted by molar-refractivity contribution is 9.13. The number of nitrogens with zero attached hydrogens (tertiary/aromatic N) is 8. The van der Waals surface area contributed by atoms with Gasteiger partial charge in [0.25, 0.3) is 11.8 Å². The summed E-state index contributed by atoms with van der Waals surface area (Å²) >= 11 is 10.2. The van der Waals surface area contributed by atoms with Crippen molar-refractivity contribution in [2.75, 3.05) is 0 Å². The molecule has 3 aromatic carbocycles. The number of carbonyl (C=O) groups is 2. The minimum atomic E-state index is -0.361. The molecule has 0 unspecified atom stereocenters. The van der Waals surface area contributed by atoms with Crippen LogP contribution < -0.4 is 5.32 Å². The van der Waals surface area contributed by atoms with Crippen molar-refractivity contribution < 1.29 is 9.59 Å². The number of aromatic nitrogens is 6. The topological polar surface area (TPSA) is 152 Å². The summed E-state index contributed by atoms with van der Waals surface area (Å²) in [4.78, 5) is 25.8. The maximum atomic E-state index is 11.3. The molecule has 0 fully saturated rings. The monoisotopic (exact) mass is 683 g/mol. The first-order valence-electron chi connectivity index (χ1n) is 10.1. The molecule has 0 saturated heterocycles. The number of amides is 2. The average molecular weight is 685 g/mol. The number of halogens is 2. The molecule has 3 aromatic heterocycles. The van der Waals surface area contributed by atoms with E-state index in [0.29, 0.717) is 44.4 Å². The maximum absolute atomic E-state index is 11.3. The molecule has 184 valence electrons. The molecule has 2 amide bonds. The Balaban J connectivity index is 0.000000117. The van der Waals surface area contributed by atoms with Crippen molar-refractivity contribution in [2.24, 2.45) is 0 Å². The van der Waals surface area contributed by atoms with E-state index in [9.17, 15) is 9.59 Å². The number of hydrogen-bond acceptors (Lipinski definition) is 12. The summed E-state index contributed by atoms with van der Waals surface area (Å²) in [5, 5.41) is 10.9. The highest BCUT2D eigenvalue weighted by Crippen LogP contribution is 2.27. The number of benzene rings is 3. The predicted molar refractivity (Wildman–Crippen MR) is 150 cm³/mol. The van der Waals surface area contributed by atoms with Crippen LogP contribution in [0.4, 0.5) is 5.69 Å². The van der Waals surface area contributed by atoms with E-state index in [1.165, 1.54) is 11.7 Å². The Kier molecular flexibility index (Phi) is 7.41. The number of fused-ring (bicyclic) bond motifs is 4. The second-order valence-electron chi connectivity index (χ2n) is 7.30. The van der Waals surface area contributed by atoms with E-state index in [2.05, 4.69) is 68.3 Å². The molecule has 0 spiro atoms. The van der Waals surface area contributed by atoms with Crippen LogP contribution in [0.2, 0.25) is 0 Å². The van der Waals surface area contributed by atoms with Crippen LogP contribution in [0.3, 0.4) is 0 Å². The number of carbonyl (C=O) groups excluding carboxylic acids is 2. The van der Waals surface area contributed by atoms with Crippen LogP contribution in [0.1, 0.15) is 26.3 Å². The third-order valence-corrected chi connectivity index (χ3v) is 8.53. The Morgan fingerprint density at radius 3 is 1.53 bits per heavy atom. The molecule has 6 aromatic rings. The fourth-order valence-electron chi connectivity index (χ4n) is 3.23. The van der Waals surface area contributed by atoms with E-state index in [0.717, 1.165) is 43.4 Å². The molecule has 38 heavy (non-hydrogen) atoms. The average Bonchev–Trinajstić information content (AvgIpc) is 3.71. The zero-order valence-corrected chi connectivity index (χ0v) is 24.0. The summed E-state index contributed by atoms with van der Waals surface area (Å²) in [6, 6.07) is 12.2. The van der Waals surface area contributed by atoms with E-state index in [1.807, 2.05) is 18.2 Å². The highest BCUT2D eigenvalue weighted by atomic mass is 79.9. The predicted octanol–water partition coefficient (Wildman–Crippen LogP) is 5.90. The van der Waals surface area contributed by atoms with Crippen LogP contribution >= 0.6 is 67.0 Å². The quantitative estimate of drug-likeness (QED) is 0.152.